The van der Waals surface area contributed by atoms with E-state index in [1.54, 1.807) is 43.6 Å². The fraction of sp³-hybridized carbons (Fsp3) is 0.235. The monoisotopic (exact) mass is 309 g/mol. The fourth-order valence-corrected chi connectivity index (χ4v) is 2.56. The van der Waals surface area contributed by atoms with E-state index in [0.29, 0.717) is 28.6 Å². The van der Waals surface area contributed by atoms with Gasteiger partial charge >= 0.3 is 0 Å². The van der Waals surface area contributed by atoms with Gasteiger partial charge in [-0.2, -0.15) is 0 Å². The summed E-state index contributed by atoms with van der Waals surface area (Å²) in [7, 11) is 1.68. The van der Waals surface area contributed by atoms with Crippen molar-refractivity contribution < 1.29 is 14.3 Å². The molecule has 0 unspecified atom stereocenters. The highest BCUT2D eigenvalue weighted by Crippen LogP contribution is 2.37. The van der Waals surface area contributed by atoms with Gasteiger partial charge in [0.25, 0.3) is 5.91 Å². The van der Waals surface area contributed by atoms with Gasteiger partial charge < -0.3 is 15.0 Å². The number of nitrogens with one attached hydrogen (secondary N) is 1. The lowest BCUT2D eigenvalue weighted by Gasteiger charge is -2.15. The molecule has 2 aromatic rings. The minimum absolute atomic E-state index is 0.00486. The molecule has 0 bridgehead atoms. The molecule has 2 amide bonds. The van der Waals surface area contributed by atoms with Crippen LogP contribution in [-0.4, -0.2) is 23.8 Å². The van der Waals surface area contributed by atoms with Gasteiger partial charge in [-0.15, -0.1) is 0 Å². The summed E-state index contributed by atoms with van der Waals surface area (Å²) in [6.07, 6.45) is 3.48. The first kappa shape index (κ1) is 13.8. The first-order valence-corrected chi connectivity index (χ1v) is 7.49. The van der Waals surface area contributed by atoms with Gasteiger partial charge in [0.05, 0.1) is 5.56 Å². The van der Waals surface area contributed by atoms with Gasteiger partial charge in [-0.05, 0) is 43.2 Å². The number of rotatable bonds is 2. The standard InChI is InChI=1S/C17H15N3O3/c1-20-13-3-2-8-18-16(13)23-14-7-6-11(9-12(14)17(20)22)19-15(21)10-4-5-10/h2-3,6-10H,4-5H2,1H3,(H,19,21). The molecule has 2 heterocycles. The van der Waals surface area contributed by atoms with Crippen molar-refractivity contribution in [1.82, 2.24) is 4.98 Å². The average molecular weight is 309 g/mol. The number of anilines is 2. The van der Waals surface area contributed by atoms with Crippen molar-refractivity contribution in [3.63, 3.8) is 0 Å². The number of pyridine rings is 1. The number of hydrogen-bond acceptors (Lipinski definition) is 4. The van der Waals surface area contributed by atoms with Crippen LogP contribution in [0.2, 0.25) is 0 Å². The molecular weight excluding hydrogens is 294 g/mol. The third kappa shape index (κ3) is 2.42. The van der Waals surface area contributed by atoms with Gasteiger partial charge in [-0.1, -0.05) is 0 Å². The summed E-state index contributed by atoms with van der Waals surface area (Å²) in [4.78, 5) is 30.3. The Balaban J connectivity index is 1.71. The number of amides is 2. The first-order chi connectivity index (χ1) is 11.1. The molecule has 0 spiro atoms. The molecule has 1 aliphatic heterocycles. The summed E-state index contributed by atoms with van der Waals surface area (Å²) < 4.78 is 5.78. The number of aromatic nitrogens is 1. The predicted molar refractivity (Wildman–Crippen MR) is 84.8 cm³/mol. The maximum Gasteiger partial charge on any atom is 0.262 e. The van der Waals surface area contributed by atoms with E-state index >= 15 is 0 Å². The molecule has 23 heavy (non-hydrogen) atoms. The Bertz CT molecular complexity index is 814. The Hall–Kier alpha value is -2.89. The van der Waals surface area contributed by atoms with Crippen LogP contribution in [0.25, 0.3) is 0 Å². The summed E-state index contributed by atoms with van der Waals surface area (Å²) in [5.74, 6) is 0.733. The largest absolute Gasteiger partial charge is 0.436 e. The topological polar surface area (TPSA) is 71.5 Å². The molecule has 1 aromatic heterocycles. The lowest BCUT2D eigenvalue weighted by atomic mass is 10.1. The molecule has 1 N–H and O–H groups in total. The van der Waals surface area contributed by atoms with Crippen molar-refractivity contribution in [3.05, 3.63) is 42.1 Å². The highest BCUT2D eigenvalue weighted by molar-refractivity contribution is 6.10. The highest BCUT2D eigenvalue weighted by Gasteiger charge is 2.30. The summed E-state index contributed by atoms with van der Waals surface area (Å²) >= 11 is 0. The zero-order valence-corrected chi connectivity index (χ0v) is 12.6. The molecule has 1 saturated carbocycles. The number of carbonyl (C=O) groups is 2. The number of carbonyl (C=O) groups excluding carboxylic acids is 2. The molecule has 2 aliphatic rings. The normalized spacial score (nSPS) is 16.0. The van der Waals surface area contributed by atoms with Crippen LogP contribution >= 0.6 is 0 Å². The molecule has 116 valence electrons. The highest BCUT2D eigenvalue weighted by atomic mass is 16.5. The molecule has 0 atom stereocenters. The first-order valence-electron chi connectivity index (χ1n) is 7.49. The van der Waals surface area contributed by atoms with Crippen LogP contribution in [0.4, 0.5) is 11.4 Å². The van der Waals surface area contributed by atoms with Crippen LogP contribution in [0.15, 0.2) is 36.5 Å². The Morgan fingerprint density at radius 2 is 2.17 bits per heavy atom. The summed E-state index contributed by atoms with van der Waals surface area (Å²) in [5, 5.41) is 2.85. The number of fused-ring (bicyclic) bond motifs is 2. The Labute approximate surface area is 133 Å². The second-order valence-electron chi connectivity index (χ2n) is 5.77. The average Bonchev–Trinajstić information content (AvgIpc) is 3.40. The smallest absolute Gasteiger partial charge is 0.262 e. The zero-order valence-electron chi connectivity index (χ0n) is 12.6. The van der Waals surface area contributed by atoms with Crippen molar-refractivity contribution in [1.29, 1.82) is 0 Å². The van der Waals surface area contributed by atoms with E-state index in [1.807, 2.05) is 0 Å². The van der Waals surface area contributed by atoms with E-state index < -0.39 is 0 Å². The maximum absolute atomic E-state index is 12.7. The van der Waals surface area contributed by atoms with Crippen LogP contribution in [0.3, 0.4) is 0 Å². The minimum Gasteiger partial charge on any atom is -0.436 e. The maximum atomic E-state index is 12.7. The van der Waals surface area contributed by atoms with Gasteiger partial charge in [-0.3, -0.25) is 9.59 Å². The SMILES string of the molecule is CN1C(=O)c2cc(NC(=O)C3CC3)ccc2Oc2ncccc21. The van der Waals surface area contributed by atoms with Crippen LogP contribution in [0, 0.1) is 5.92 Å². The fourth-order valence-electron chi connectivity index (χ4n) is 2.56. The van der Waals surface area contributed by atoms with Crippen molar-refractivity contribution in [3.8, 4) is 11.6 Å². The second kappa shape index (κ2) is 5.08. The zero-order chi connectivity index (χ0) is 16.0. The molecule has 0 saturated heterocycles. The van der Waals surface area contributed by atoms with Gasteiger partial charge in [0.1, 0.15) is 11.4 Å². The van der Waals surface area contributed by atoms with E-state index in [9.17, 15) is 9.59 Å². The van der Waals surface area contributed by atoms with Gasteiger partial charge in [0.15, 0.2) is 0 Å². The Morgan fingerprint density at radius 1 is 1.35 bits per heavy atom. The van der Waals surface area contributed by atoms with Crippen molar-refractivity contribution in [2.45, 2.75) is 12.8 Å². The lowest BCUT2D eigenvalue weighted by Crippen LogP contribution is -2.25. The number of benzene rings is 1. The number of hydrogen-bond donors (Lipinski definition) is 1. The molecule has 6 heteroatoms. The number of nitrogens with zero attached hydrogens (tertiary/aromatic N) is 2. The summed E-state index contributed by atoms with van der Waals surface area (Å²) in [6, 6.07) is 8.61. The second-order valence-corrected chi connectivity index (χ2v) is 5.77. The third-order valence-electron chi connectivity index (χ3n) is 4.05. The quantitative estimate of drug-likeness (QED) is 0.926. The van der Waals surface area contributed by atoms with E-state index in [2.05, 4.69) is 10.3 Å². The van der Waals surface area contributed by atoms with Gasteiger partial charge in [-0.25, -0.2) is 4.98 Å². The Morgan fingerprint density at radius 3 is 2.96 bits per heavy atom. The third-order valence-corrected chi connectivity index (χ3v) is 4.05. The van der Waals surface area contributed by atoms with Crippen molar-refractivity contribution in [2.24, 2.45) is 5.92 Å². The van der Waals surface area contributed by atoms with E-state index in [-0.39, 0.29) is 17.7 Å². The molecule has 6 nitrogen and oxygen atoms in total. The number of ether oxygens (including phenoxy) is 1. The minimum atomic E-state index is -0.200. The molecule has 1 aliphatic carbocycles. The van der Waals surface area contributed by atoms with E-state index in [0.717, 1.165) is 12.8 Å². The lowest BCUT2D eigenvalue weighted by molar-refractivity contribution is -0.117. The van der Waals surface area contributed by atoms with Crippen LogP contribution in [-0.2, 0) is 4.79 Å². The van der Waals surface area contributed by atoms with Crippen molar-refractivity contribution >= 4 is 23.2 Å². The van der Waals surface area contributed by atoms with Crippen LogP contribution < -0.4 is 15.0 Å². The van der Waals surface area contributed by atoms with Gasteiger partial charge in [0, 0.05) is 24.8 Å². The van der Waals surface area contributed by atoms with Crippen LogP contribution in [0.1, 0.15) is 23.2 Å². The van der Waals surface area contributed by atoms with E-state index in [4.69, 9.17) is 4.74 Å². The van der Waals surface area contributed by atoms with E-state index in [1.165, 1.54) is 4.90 Å². The van der Waals surface area contributed by atoms with Crippen molar-refractivity contribution in [2.75, 3.05) is 17.3 Å². The Kier molecular flexibility index (Phi) is 3.04. The molecule has 1 fully saturated rings. The molecular formula is C17H15N3O3. The summed E-state index contributed by atoms with van der Waals surface area (Å²) in [5.41, 5.74) is 1.61. The molecule has 1 aromatic carbocycles. The predicted octanol–water partition coefficient (Wildman–Crippen LogP) is 2.81. The van der Waals surface area contributed by atoms with Crippen LogP contribution in [0.5, 0.6) is 11.6 Å². The molecule has 0 radical (unpaired) electrons. The molecule has 4 rings (SSSR count). The van der Waals surface area contributed by atoms with Gasteiger partial charge in [0.2, 0.25) is 11.8 Å². The summed E-state index contributed by atoms with van der Waals surface area (Å²) in [6.45, 7) is 0.